The molecule has 6 nitrogen and oxygen atoms in total. The molecule has 1 N–H and O–H groups in total. The van der Waals surface area contributed by atoms with Gasteiger partial charge in [-0.2, -0.15) is 0 Å². The van der Waals surface area contributed by atoms with Gasteiger partial charge >= 0.3 is 0 Å². The van der Waals surface area contributed by atoms with Gasteiger partial charge in [0.05, 0.1) is 16.0 Å². The lowest BCUT2D eigenvalue weighted by Crippen LogP contribution is -2.12. The minimum Gasteiger partial charge on any atom is -0.378 e. The number of para-hydroxylation sites is 2. The molecule has 3 rings (SSSR count). The molecular formula is C16H15FN4O2. The number of hydrogen-bond donors (Lipinski definition) is 1. The summed E-state index contributed by atoms with van der Waals surface area (Å²) in [6, 6.07) is 11.1. The molecule has 0 saturated heterocycles. The van der Waals surface area contributed by atoms with E-state index in [2.05, 4.69) is 10.3 Å². The standard InChI is InChI=1S/C16H15FN4O2/c1-11-19-13-4-2-3-5-15(13)20(11)9-8-18-14-10-12(17)6-7-16(14)21(22)23/h2-7,10,18H,8-9H2,1H3. The van der Waals surface area contributed by atoms with E-state index in [4.69, 9.17) is 0 Å². The van der Waals surface area contributed by atoms with Crippen molar-refractivity contribution >= 4 is 22.4 Å². The van der Waals surface area contributed by atoms with Crippen LogP contribution in [0.4, 0.5) is 15.8 Å². The number of imidazole rings is 1. The molecule has 1 aromatic heterocycles. The van der Waals surface area contributed by atoms with Crippen LogP contribution in [0.2, 0.25) is 0 Å². The van der Waals surface area contributed by atoms with E-state index in [-0.39, 0.29) is 11.4 Å². The van der Waals surface area contributed by atoms with Gasteiger partial charge in [-0.05, 0) is 25.1 Å². The average molecular weight is 314 g/mol. The molecule has 118 valence electrons. The Hall–Kier alpha value is -2.96. The number of anilines is 1. The van der Waals surface area contributed by atoms with Crippen molar-refractivity contribution in [2.24, 2.45) is 0 Å². The summed E-state index contributed by atoms with van der Waals surface area (Å²) in [5, 5.41) is 13.9. The Morgan fingerprint density at radius 2 is 2.09 bits per heavy atom. The summed E-state index contributed by atoms with van der Waals surface area (Å²) in [5.41, 5.74) is 1.94. The Labute approximate surface area is 131 Å². The fourth-order valence-electron chi connectivity index (χ4n) is 2.59. The number of nitro benzene ring substituents is 1. The molecule has 0 spiro atoms. The van der Waals surface area contributed by atoms with E-state index >= 15 is 0 Å². The van der Waals surface area contributed by atoms with Crippen LogP contribution in [0.3, 0.4) is 0 Å². The number of rotatable bonds is 5. The van der Waals surface area contributed by atoms with Crippen molar-refractivity contribution in [2.45, 2.75) is 13.5 Å². The van der Waals surface area contributed by atoms with Crippen molar-refractivity contribution in [2.75, 3.05) is 11.9 Å². The molecule has 0 bridgehead atoms. The molecule has 0 unspecified atom stereocenters. The number of halogens is 1. The van der Waals surface area contributed by atoms with Gasteiger partial charge in [0.15, 0.2) is 0 Å². The van der Waals surface area contributed by atoms with Crippen molar-refractivity contribution in [1.82, 2.24) is 9.55 Å². The second-order valence-electron chi connectivity index (χ2n) is 5.14. The molecule has 0 saturated carbocycles. The first-order valence-corrected chi connectivity index (χ1v) is 7.16. The zero-order chi connectivity index (χ0) is 16.4. The van der Waals surface area contributed by atoms with Crippen molar-refractivity contribution in [3.05, 3.63) is 64.2 Å². The largest absolute Gasteiger partial charge is 0.378 e. The Bertz CT molecular complexity index is 876. The second kappa shape index (κ2) is 6.04. The van der Waals surface area contributed by atoms with Crippen LogP contribution in [0.15, 0.2) is 42.5 Å². The van der Waals surface area contributed by atoms with E-state index in [1.807, 2.05) is 35.8 Å². The van der Waals surface area contributed by atoms with Gasteiger partial charge in [-0.1, -0.05) is 12.1 Å². The zero-order valence-corrected chi connectivity index (χ0v) is 12.5. The van der Waals surface area contributed by atoms with E-state index < -0.39 is 10.7 Å². The Kier molecular flexibility index (Phi) is 3.92. The van der Waals surface area contributed by atoms with Crippen LogP contribution in [0.5, 0.6) is 0 Å². The van der Waals surface area contributed by atoms with Gasteiger partial charge in [0, 0.05) is 25.2 Å². The van der Waals surface area contributed by atoms with Crippen LogP contribution in [-0.2, 0) is 6.54 Å². The molecule has 0 aliphatic rings. The first-order chi connectivity index (χ1) is 11.1. The molecule has 0 aliphatic carbocycles. The Morgan fingerprint density at radius 1 is 1.30 bits per heavy atom. The van der Waals surface area contributed by atoms with Crippen molar-refractivity contribution in [3.63, 3.8) is 0 Å². The first-order valence-electron chi connectivity index (χ1n) is 7.16. The highest BCUT2D eigenvalue weighted by atomic mass is 19.1. The third-order valence-electron chi connectivity index (χ3n) is 3.65. The lowest BCUT2D eigenvalue weighted by molar-refractivity contribution is -0.384. The number of aromatic nitrogens is 2. The summed E-state index contributed by atoms with van der Waals surface area (Å²) in [6.45, 7) is 2.90. The highest BCUT2D eigenvalue weighted by Gasteiger charge is 2.14. The van der Waals surface area contributed by atoms with E-state index in [0.717, 1.165) is 35.1 Å². The van der Waals surface area contributed by atoms with Crippen LogP contribution < -0.4 is 5.32 Å². The van der Waals surface area contributed by atoms with Gasteiger partial charge in [-0.15, -0.1) is 0 Å². The third kappa shape index (κ3) is 2.98. The summed E-state index contributed by atoms with van der Waals surface area (Å²) in [4.78, 5) is 14.9. The molecular weight excluding hydrogens is 299 g/mol. The predicted octanol–water partition coefficient (Wildman–Crippen LogP) is 3.50. The average Bonchev–Trinajstić information content (AvgIpc) is 2.83. The van der Waals surface area contributed by atoms with E-state index in [1.54, 1.807) is 0 Å². The van der Waals surface area contributed by atoms with Gasteiger partial charge in [0.2, 0.25) is 0 Å². The fraction of sp³-hybridized carbons (Fsp3) is 0.188. The molecule has 1 heterocycles. The quantitative estimate of drug-likeness (QED) is 0.578. The summed E-state index contributed by atoms with van der Waals surface area (Å²) < 4.78 is 15.3. The lowest BCUT2D eigenvalue weighted by atomic mass is 10.2. The lowest BCUT2D eigenvalue weighted by Gasteiger charge is -2.10. The van der Waals surface area contributed by atoms with Crippen LogP contribution in [0.25, 0.3) is 11.0 Å². The van der Waals surface area contributed by atoms with Crippen LogP contribution in [-0.4, -0.2) is 21.0 Å². The number of hydrogen-bond acceptors (Lipinski definition) is 4. The maximum Gasteiger partial charge on any atom is 0.292 e. The maximum atomic E-state index is 13.3. The van der Waals surface area contributed by atoms with Gasteiger partial charge < -0.3 is 9.88 Å². The Morgan fingerprint density at radius 3 is 2.87 bits per heavy atom. The smallest absolute Gasteiger partial charge is 0.292 e. The molecule has 7 heteroatoms. The van der Waals surface area contributed by atoms with Crippen LogP contribution in [0.1, 0.15) is 5.82 Å². The molecule has 3 aromatic rings. The topological polar surface area (TPSA) is 73.0 Å². The molecule has 0 fully saturated rings. The van der Waals surface area contributed by atoms with E-state index in [0.29, 0.717) is 13.1 Å². The minimum atomic E-state index is -0.528. The van der Waals surface area contributed by atoms with Crippen molar-refractivity contribution in [3.8, 4) is 0 Å². The number of nitrogens with one attached hydrogen (secondary N) is 1. The number of aryl methyl sites for hydroxylation is 1. The molecule has 2 aromatic carbocycles. The van der Waals surface area contributed by atoms with Crippen LogP contribution >= 0.6 is 0 Å². The molecule has 0 atom stereocenters. The van der Waals surface area contributed by atoms with Gasteiger partial charge in [0.1, 0.15) is 17.3 Å². The highest BCUT2D eigenvalue weighted by Crippen LogP contribution is 2.25. The van der Waals surface area contributed by atoms with Gasteiger partial charge in [-0.3, -0.25) is 10.1 Å². The van der Waals surface area contributed by atoms with Gasteiger partial charge in [-0.25, -0.2) is 9.37 Å². The third-order valence-corrected chi connectivity index (χ3v) is 3.65. The number of fused-ring (bicyclic) bond motifs is 1. The maximum absolute atomic E-state index is 13.3. The summed E-state index contributed by atoms with van der Waals surface area (Å²) in [7, 11) is 0. The molecule has 0 amide bonds. The number of nitro groups is 1. The van der Waals surface area contributed by atoms with Crippen molar-refractivity contribution in [1.29, 1.82) is 0 Å². The summed E-state index contributed by atoms with van der Waals surface area (Å²) in [6.07, 6.45) is 0. The number of nitrogens with zero attached hydrogens (tertiary/aromatic N) is 3. The minimum absolute atomic E-state index is 0.140. The second-order valence-corrected chi connectivity index (χ2v) is 5.14. The summed E-state index contributed by atoms with van der Waals surface area (Å²) in [5.74, 6) is 0.351. The highest BCUT2D eigenvalue weighted by molar-refractivity contribution is 5.75. The fourth-order valence-corrected chi connectivity index (χ4v) is 2.59. The molecule has 0 radical (unpaired) electrons. The first kappa shape index (κ1) is 15.0. The SMILES string of the molecule is Cc1nc2ccccc2n1CCNc1cc(F)ccc1[N+](=O)[O-]. The molecule has 23 heavy (non-hydrogen) atoms. The van der Waals surface area contributed by atoms with Gasteiger partial charge in [0.25, 0.3) is 5.69 Å². The van der Waals surface area contributed by atoms with E-state index in [1.165, 1.54) is 0 Å². The Balaban J connectivity index is 1.78. The number of benzene rings is 2. The normalized spacial score (nSPS) is 10.9. The predicted molar refractivity (Wildman–Crippen MR) is 86.0 cm³/mol. The van der Waals surface area contributed by atoms with Crippen LogP contribution in [0, 0.1) is 22.9 Å². The zero-order valence-electron chi connectivity index (χ0n) is 12.5. The summed E-state index contributed by atoms with van der Waals surface area (Å²) >= 11 is 0. The van der Waals surface area contributed by atoms with Crippen molar-refractivity contribution < 1.29 is 9.31 Å². The molecule has 0 aliphatic heterocycles. The van der Waals surface area contributed by atoms with E-state index in [9.17, 15) is 14.5 Å². The monoisotopic (exact) mass is 314 g/mol.